The molecule has 0 aromatic carbocycles. The Hall–Kier alpha value is -0.940. The van der Waals surface area contributed by atoms with E-state index in [9.17, 15) is 0 Å². The number of hydrogen-bond donors (Lipinski definition) is 1. The van der Waals surface area contributed by atoms with Gasteiger partial charge in [0.1, 0.15) is 12.2 Å². The molecular weight excluding hydrogens is 226 g/mol. The fourth-order valence-electron chi connectivity index (χ4n) is 2.75. The van der Waals surface area contributed by atoms with Crippen molar-refractivity contribution >= 4 is 0 Å². The maximum absolute atomic E-state index is 5.90. The molecule has 5 heteroatoms. The molecule has 1 aliphatic heterocycles. The average molecular weight is 251 g/mol. The molecule has 0 amide bonds. The number of aromatic nitrogens is 3. The minimum absolute atomic E-state index is 0.363. The first kappa shape index (κ1) is 13.5. The van der Waals surface area contributed by atoms with Crippen LogP contribution in [0.25, 0.3) is 0 Å². The first-order chi connectivity index (χ1) is 8.61. The molecule has 1 aliphatic rings. The first-order valence-electron chi connectivity index (χ1n) is 6.94. The monoisotopic (exact) mass is 251 g/mol. The standard InChI is InChI=1S/C13H25N5/c1-10(2)18-13(15-9-16-18)8-17-5-4-11(3)6-12(17)7-14/h9-12H,4-8,14H2,1-3H3. The smallest absolute Gasteiger partial charge is 0.141 e. The molecule has 1 saturated heterocycles. The number of rotatable bonds is 4. The third-order valence-corrected chi connectivity index (χ3v) is 3.85. The molecule has 102 valence electrons. The highest BCUT2D eigenvalue weighted by Gasteiger charge is 2.26. The minimum atomic E-state index is 0.363. The molecule has 0 radical (unpaired) electrons. The molecule has 0 saturated carbocycles. The number of nitrogens with zero attached hydrogens (tertiary/aromatic N) is 4. The summed E-state index contributed by atoms with van der Waals surface area (Å²) in [5, 5.41) is 4.29. The van der Waals surface area contributed by atoms with Crippen molar-refractivity contribution in [3.05, 3.63) is 12.2 Å². The van der Waals surface area contributed by atoms with Gasteiger partial charge in [0.15, 0.2) is 0 Å². The molecule has 2 rings (SSSR count). The normalized spacial score (nSPS) is 25.8. The van der Waals surface area contributed by atoms with Crippen LogP contribution in [0.3, 0.4) is 0 Å². The van der Waals surface area contributed by atoms with Crippen LogP contribution in [0.1, 0.15) is 45.5 Å². The summed E-state index contributed by atoms with van der Waals surface area (Å²) in [4.78, 5) is 6.85. The number of hydrogen-bond acceptors (Lipinski definition) is 4. The van der Waals surface area contributed by atoms with E-state index in [2.05, 4.69) is 35.8 Å². The van der Waals surface area contributed by atoms with Crippen LogP contribution in [-0.2, 0) is 6.54 Å². The molecule has 2 atom stereocenters. The lowest BCUT2D eigenvalue weighted by Crippen LogP contribution is -2.46. The SMILES string of the molecule is CC1CCN(Cc2ncnn2C(C)C)C(CN)C1. The van der Waals surface area contributed by atoms with Gasteiger partial charge in [0.05, 0.1) is 6.54 Å². The summed E-state index contributed by atoms with van der Waals surface area (Å²) in [6, 6.07) is 0.855. The Morgan fingerprint density at radius 2 is 2.28 bits per heavy atom. The molecule has 0 spiro atoms. The highest BCUT2D eigenvalue weighted by atomic mass is 15.4. The Labute approximate surface area is 109 Å². The zero-order valence-electron chi connectivity index (χ0n) is 11.7. The molecule has 1 aromatic rings. The molecule has 2 heterocycles. The van der Waals surface area contributed by atoms with Crippen LogP contribution in [0.2, 0.25) is 0 Å². The summed E-state index contributed by atoms with van der Waals surface area (Å²) in [5.74, 6) is 1.84. The van der Waals surface area contributed by atoms with Gasteiger partial charge in [-0.15, -0.1) is 0 Å². The van der Waals surface area contributed by atoms with E-state index in [0.717, 1.165) is 31.4 Å². The number of likely N-dealkylation sites (tertiary alicyclic amines) is 1. The van der Waals surface area contributed by atoms with Gasteiger partial charge >= 0.3 is 0 Å². The lowest BCUT2D eigenvalue weighted by atomic mass is 9.92. The maximum atomic E-state index is 5.90. The Morgan fingerprint density at radius 3 is 2.94 bits per heavy atom. The van der Waals surface area contributed by atoms with Crippen LogP contribution in [0.4, 0.5) is 0 Å². The Morgan fingerprint density at radius 1 is 1.50 bits per heavy atom. The highest BCUT2D eigenvalue weighted by molar-refractivity contribution is 4.90. The Balaban J connectivity index is 2.05. The van der Waals surface area contributed by atoms with Crippen molar-refractivity contribution in [2.75, 3.05) is 13.1 Å². The van der Waals surface area contributed by atoms with E-state index in [4.69, 9.17) is 5.73 Å². The molecular formula is C13H25N5. The molecule has 2 unspecified atom stereocenters. The number of piperidine rings is 1. The predicted molar refractivity (Wildman–Crippen MR) is 72.1 cm³/mol. The molecule has 0 bridgehead atoms. The van der Waals surface area contributed by atoms with Gasteiger partial charge in [0.25, 0.3) is 0 Å². The van der Waals surface area contributed by atoms with Crippen LogP contribution < -0.4 is 5.73 Å². The van der Waals surface area contributed by atoms with Gasteiger partial charge in [0, 0.05) is 18.6 Å². The molecule has 1 aromatic heterocycles. The van der Waals surface area contributed by atoms with Crippen molar-refractivity contribution in [3.63, 3.8) is 0 Å². The summed E-state index contributed by atoms with van der Waals surface area (Å²) in [6.07, 6.45) is 4.11. The minimum Gasteiger partial charge on any atom is -0.329 e. The largest absolute Gasteiger partial charge is 0.329 e. The Kier molecular flexibility index (Phi) is 4.35. The van der Waals surface area contributed by atoms with E-state index >= 15 is 0 Å². The van der Waals surface area contributed by atoms with Crippen LogP contribution in [0, 0.1) is 5.92 Å². The molecule has 18 heavy (non-hydrogen) atoms. The van der Waals surface area contributed by atoms with E-state index in [0.29, 0.717) is 12.1 Å². The summed E-state index contributed by atoms with van der Waals surface area (Å²) in [5.41, 5.74) is 5.90. The van der Waals surface area contributed by atoms with Gasteiger partial charge in [-0.05, 0) is 39.2 Å². The van der Waals surface area contributed by atoms with Crippen molar-refractivity contribution < 1.29 is 0 Å². The van der Waals surface area contributed by atoms with Gasteiger partial charge in [0.2, 0.25) is 0 Å². The average Bonchev–Trinajstić information content (AvgIpc) is 2.79. The van der Waals surface area contributed by atoms with Gasteiger partial charge in [-0.3, -0.25) is 4.90 Å². The van der Waals surface area contributed by atoms with Gasteiger partial charge in [-0.2, -0.15) is 5.10 Å². The lowest BCUT2D eigenvalue weighted by Gasteiger charge is -2.37. The zero-order valence-corrected chi connectivity index (χ0v) is 11.7. The first-order valence-corrected chi connectivity index (χ1v) is 6.94. The quantitative estimate of drug-likeness (QED) is 0.879. The van der Waals surface area contributed by atoms with Crippen molar-refractivity contribution in [2.24, 2.45) is 11.7 Å². The van der Waals surface area contributed by atoms with Crippen LogP contribution in [-0.4, -0.2) is 38.8 Å². The second-order valence-corrected chi connectivity index (χ2v) is 5.70. The fraction of sp³-hybridized carbons (Fsp3) is 0.846. The van der Waals surface area contributed by atoms with Crippen molar-refractivity contribution in [2.45, 2.75) is 52.2 Å². The molecule has 5 nitrogen and oxygen atoms in total. The third-order valence-electron chi connectivity index (χ3n) is 3.85. The highest BCUT2D eigenvalue weighted by Crippen LogP contribution is 2.23. The zero-order chi connectivity index (χ0) is 13.1. The van der Waals surface area contributed by atoms with E-state index in [-0.39, 0.29) is 0 Å². The van der Waals surface area contributed by atoms with Crippen molar-refractivity contribution in [3.8, 4) is 0 Å². The summed E-state index contributed by atoms with van der Waals surface area (Å²) < 4.78 is 2.01. The summed E-state index contributed by atoms with van der Waals surface area (Å²) >= 11 is 0. The van der Waals surface area contributed by atoms with Gasteiger partial charge in [-0.1, -0.05) is 6.92 Å². The third kappa shape index (κ3) is 2.90. The summed E-state index contributed by atoms with van der Waals surface area (Å²) in [6.45, 7) is 9.31. The summed E-state index contributed by atoms with van der Waals surface area (Å²) in [7, 11) is 0. The van der Waals surface area contributed by atoms with E-state index in [1.165, 1.54) is 12.8 Å². The predicted octanol–water partition coefficient (Wildman–Crippen LogP) is 1.42. The maximum Gasteiger partial charge on any atom is 0.141 e. The molecule has 0 aliphatic carbocycles. The van der Waals surface area contributed by atoms with Crippen molar-refractivity contribution in [1.82, 2.24) is 19.7 Å². The van der Waals surface area contributed by atoms with E-state index in [1.54, 1.807) is 6.33 Å². The fourth-order valence-corrected chi connectivity index (χ4v) is 2.75. The van der Waals surface area contributed by atoms with Crippen LogP contribution >= 0.6 is 0 Å². The second-order valence-electron chi connectivity index (χ2n) is 5.70. The van der Waals surface area contributed by atoms with Gasteiger partial charge < -0.3 is 5.73 Å². The van der Waals surface area contributed by atoms with Crippen molar-refractivity contribution in [1.29, 1.82) is 0 Å². The van der Waals surface area contributed by atoms with Crippen LogP contribution in [0.15, 0.2) is 6.33 Å². The van der Waals surface area contributed by atoms with E-state index < -0.39 is 0 Å². The lowest BCUT2D eigenvalue weighted by molar-refractivity contribution is 0.110. The van der Waals surface area contributed by atoms with Gasteiger partial charge in [-0.25, -0.2) is 9.67 Å². The van der Waals surface area contributed by atoms with Crippen LogP contribution in [0.5, 0.6) is 0 Å². The second kappa shape index (κ2) is 5.80. The Bertz CT molecular complexity index is 373. The molecule has 2 N–H and O–H groups in total. The topological polar surface area (TPSA) is 60.0 Å². The number of nitrogens with two attached hydrogens (primary N) is 1. The molecule has 1 fully saturated rings. The van der Waals surface area contributed by atoms with E-state index in [1.807, 2.05) is 4.68 Å².